The minimum atomic E-state index is -0.0480. The van der Waals surface area contributed by atoms with Crippen molar-refractivity contribution in [3.05, 3.63) is 24.3 Å². The lowest BCUT2D eigenvalue weighted by molar-refractivity contribution is -0.118. The predicted molar refractivity (Wildman–Crippen MR) is 90.8 cm³/mol. The first-order valence-electron chi connectivity index (χ1n) is 8.12. The molecule has 1 saturated heterocycles. The largest absolute Gasteiger partial charge is 0.490 e. The maximum atomic E-state index is 12.1. The zero-order chi connectivity index (χ0) is 14.5. The zero-order valence-electron chi connectivity index (χ0n) is 12.8. The van der Waals surface area contributed by atoms with Crippen LogP contribution in [-0.2, 0) is 4.79 Å². The molecule has 0 aromatic heterocycles. The summed E-state index contributed by atoms with van der Waals surface area (Å²) < 4.78 is 5.93. The van der Waals surface area contributed by atoms with Crippen molar-refractivity contribution < 1.29 is 9.53 Å². The molecule has 1 amide bonds. The maximum absolute atomic E-state index is 12.1. The number of ether oxygens (including phenoxy) is 1. The number of piperidine rings is 1. The summed E-state index contributed by atoms with van der Waals surface area (Å²) in [6.07, 6.45) is 8.44. The highest BCUT2D eigenvalue weighted by molar-refractivity contribution is 5.94. The molecule has 1 aromatic rings. The Kier molecular flexibility index (Phi) is 6.52. The van der Waals surface area contributed by atoms with Gasteiger partial charge in [0.25, 0.3) is 0 Å². The van der Waals surface area contributed by atoms with Crippen LogP contribution in [0.3, 0.4) is 0 Å². The van der Waals surface area contributed by atoms with Gasteiger partial charge in [-0.2, -0.15) is 0 Å². The van der Waals surface area contributed by atoms with E-state index in [1.807, 2.05) is 24.3 Å². The van der Waals surface area contributed by atoms with E-state index in [1.165, 1.54) is 12.8 Å². The standard InChI is InChI=1S/C17H24N2O2.ClH/c20-17(16-7-3-4-12-18-16)19-13-8-10-15(11-9-13)21-14-5-1-2-6-14;/h8-11,14,16,18H,1-7,12H2,(H,19,20);1H/t16-;/m1./s1. The lowest BCUT2D eigenvalue weighted by Gasteiger charge is -2.22. The van der Waals surface area contributed by atoms with Crippen LogP contribution in [0.1, 0.15) is 44.9 Å². The van der Waals surface area contributed by atoms with Crippen molar-refractivity contribution in [2.45, 2.75) is 57.1 Å². The normalized spacial score (nSPS) is 21.9. The second kappa shape index (κ2) is 8.39. The van der Waals surface area contributed by atoms with Gasteiger partial charge in [0, 0.05) is 5.69 Å². The molecule has 5 heteroatoms. The molecule has 2 N–H and O–H groups in total. The number of benzene rings is 1. The molecular formula is C17H25ClN2O2. The number of hydrogen-bond donors (Lipinski definition) is 2. The summed E-state index contributed by atoms with van der Waals surface area (Å²) in [7, 11) is 0. The van der Waals surface area contributed by atoms with Crippen LogP contribution in [0.2, 0.25) is 0 Å². The molecule has 1 atom stereocenters. The number of anilines is 1. The van der Waals surface area contributed by atoms with E-state index < -0.39 is 0 Å². The van der Waals surface area contributed by atoms with Gasteiger partial charge in [0.2, 0.25) is 5.91 Å². The second-order valence-corrected chi connectivity index (χ2v) is 6.04. The van der Waals surface area contributed by atoms with Gasteiger partial charge in [-0.1, -0.05) is 6.42 Å². The van der Waals surface area contributed by atoms with Gasteiger partial charge in [-0.25, -0.2) is 0 Å². The Bertz CT molecular complexity index is 466. The molecule has 4 nitrogen and oxygen atoms in total. The third-order valence-corrected chi connectivity index (χ3v) is 4.35. The highest BCUT2D eigenvalue weighted by atomic mass is 35.5. The Morgan fingerprint density at radius 3 is 2.36 bits per heavy atom. The van der Waals surface area contributed by atoms with Crippen molar-refractivity contribution >= 4 is 24.0 Å². The van der Waals surface area contributed by atoms with Gasteiger partial charge < -0.3 is 15.4 Å². The molecule has 1 aliphatic heterocycles. The molecule has 1 aromatic carbocycles. The summed E-state index contributed by atoms with van der Waals surface area (Å²) >= 11 is 0. The van der Waals surface area contributed by atoms with Crippen LogP contribution in [0.4, 0.5) is 5.69 Å². The van der Waals surface area contributed by atoms with Crippen molar-refractivity contribution in [1.82, 2.24) is 5.32 Å². The number of carbonyl (C=O) groups is 1. The molecule has 1 heterocycles. The smallest absolute Gasteiger partial charge is 0.241 e. The fourth-order valence-corrected chi connectivity index (χ4v) is 3.12. The highest BCUT2D eigenvalue weighted by Crippen LogP contribution is 2.25. The van der Waals surface area contributed by atoms with Crippen molar-refractivity contribution in [3.8, 4) is 5.75 Å². The summed E-state index contributed by atoms with van der Waals surface area (Å²) in [4.78, 5) is 12.1. The van der Waals surface area contributed by atoms with Crippen LogP contribution in [0, 0.1) is 0 Å². The van der Waals surface area contributed by atoms with Gasteiger partial charge in [0.15, 0.2) is 0 Å². The van der Waals surface area contributed by atoms with E-state index in [-0.39, 0.29) is 24.4 Å². The lowest BCUT2D eigenvalue weighted by atomic mass is 10.0. The minimum Gasteiger partial charge on any atom is -0.490 e. The predicted octanol–water partition coefficient (Wildman–Crippen LogP) is 3.51. The van der Waals surface area contributed by atoms with E-state index in [1.54, 1.807) is 0 Å². The molecule has 0 bridgehead atoms. The summed E-state index contributed by atoms with van der Waals surface area (Å²) in [6.45, 7) is 0.937. The van der Waals surface area contributed by atoms with Crippen LogP contribution >= 0.6 is 12.4 Å². The zero-order valence-corrected chi connectivity index (χ0v) is 13.7. The molecule has 1 aliphatic carbocycles. The van der Waals surface area contributed by atoms with E-state index in [0.29, 0.717) is 6.10 Å². The number of hydrogen-bond acceptors (Lipinski definition) is 3. The van der Waals surface area contributed by atoms with Crippen LogP contribution < -0.4 is 15.4 Å². The fraction of sp³-hybridized carbons (Fsp3) is 0.588. The lowest BCUT2D eigenvalue weighted by Crippen LogP contribution is -2.43. The first-order chi connectivity index (χ1) is 10.3. The van der Waals surface area contributed by atoms with E-state index >= 15 is 0 Å². The Balaban J connectivity index is 0.00000176. The van der Waals surface area contributed by atoms with Crippen molar-refractivity contribution in [2.75, 3.05) is 11.9 Å². The molecule has 0 spiro atoms. The van der Waals surface area contributed by atoms with E-state index in [9.17, 15) is 4.79 Å². The van der Waals surface area contributed by atoms with E-state index in [0.717, 1.165) is 50.1 Å². The number of rotatable bonds is 4. The molecular weight excluding hydrogens is 300 g/mol. The molecule has 0 radical (unpaired) electrons. The Morgan fingerprint density at radius 1 is 1.05 bits per heavy atom. The van der Waals surface area contributed by atoms with Gasteiger partial charge in [-0.15, -0.1) is 12.4 Å². The Hall–Kier alpha value is -1.26. The monoisotopic (exact) mass is 324 g/mol. The van der Waals surface area contributed by atoms with Gasteiger partial charge in [0.1, 0.15) is 5.75 Å². The van der Waals surface area contributed by atoms with Gasteiger partial charge in [-0.3, -0.25) is 4.79 Å². The molecule has 22 heavy (non-hydrogen) atoms. The average molecular weight is 325 g/mol. The number of carbonyl (C=O) groups excluding carboxylic acids is 1. The van der Waals surface area contributed by atoms with Gasteiger partial charge in [0.05, 0.1) is 12.1 Å². The Morgan fingerprint density at radius 2 is 1.73 bits per heavy atom. The van der Waals surface area contributed by atoms with Crippen LogP contribution in [0.25, 0.3) is 0 Å². The fourth-order valence-electron chi connectivity index (χ4n) is 3.12. The third kappa shape index (κ3) is 4.62. The van der Waals surface area contributed by atoms with Gasteiger partial charge >= 0.3 is 0 Å². The van der Waals surface area contributed by atoms with Crippen molar-refractivity contribution in [3.63, 3.8) is 0 Å². The Labute approximate surface area is 138 Å². The quantitative estimate of drug-likeness (QED) is 0.891. The van der Waals surface area contributed by atoms with Crippen LogP contribution in [0.5, 0.6) is 5.75 Å². The van der Waals surface area contributed by atoms with Crippen molar-refractivity contribution in [2.24, 2.45) is 0 Å². The minimum absolute atomic E-state index is 0. The number of amides is 1. The first-order valence-corrected chi connectivity index (χ1v) is 8.12. The topological polar surface area (TPSA) is 50.4 Å². The number of nitrogens with one attached hydrogen (secondary N) is 2. The molecule has 2 fully saturated rings. The summed E-state index contributed by atoms with van der Waals surface area (Å²) in [5.74, 6) is 0.967. The number of halogens is 1. The van der Waals surface area contributed by atoms with E-state index in [2.05, 4.69) is 10.6 Å². The van der Waals surface area contributed by atoms with Crippen LogP contribution in [0.15, 0.2) is 24.3 Å². The maximum Gasteiger partial charge on any atom is 0.241 e. The summed E-state index contributed by atoms with van der Waals surface area (Å²) in [5, 5.41) is 6.24. The summed E-state index contributed by atoms with van der Waals surface area (Å²) in [5.41, 5.74) is 0.839. The molecule has 3 rings (SSSR count). The molecule has 122 valence electrons. The van der Waals surface area contributed by atoms with Crippen molar-refractivity contribution in [1.29, 1.82) is 0 Å². The summed E-state index contributed by atoms with van der Waals surface area (Å²) in [6, 6.07) is 7.69. The van der Waals surface area contributed by atoms with Gasteiger partial charge in [-0.05, 0) is 69.3 Å². The second-order valence-electron chi connectivity index (χ2n) is 6.04. The molecule has 1 saturated carbocycles. The first kappa shape index (κ1) is 17.1. The third-order valence-electron chi connectivity index (χ3n) is 4.35. The van der Waals surface area contributed by atoms with Crippen LogP contribution in [-0.4, -0.2) is 24.6 Å². The molecule has 2 aliphatic rings. The highest BCUT2D eigenvalue weighted by Gasteiger charge is 2.20. The SMILES string of the molecule is Cl.O=C(Nc1ccc(OC2CCCC2)cc1)[C@H]1CCCCN1. The average Bonchev–Trinajstić information content (AvgIpc) is 3.03. The molecule has 0 unspecified atom stereocenters. The van der Waals surface area contributed by atoms with E-state index in [4.69, 9.17) is 4.74 Å².